The van der Waals surface area contributed by atoms with Crippen LogP contribution in [0.3, 0.4) is 0 Å². The van der Waals surface area contributed by atoms with Crippen molar-refractivity contribution in [3.8, 4) is 5.82 Å². The number of carbonyl (C=O) groups is 1. The third kappa shape index (κ3) is 5.44. The highest BCUT2D eigenvalue weighted by molar-refractivity contribution is 5.95. The second kappa shape index (κ2) is 9.38. The first-order valence-corrected chi connectivity index (χ1v) is 10.7. The van der Waals surface area contributed by atoms with E-state index in [1.165, 1.54) is 16.9 Å². The minimum Gasteiger partial charge on any atom is -0.336 e. The van der Waals surface area contributed by atoms with Crippen LogP contribution in [0.15, 0.2) is 24.5 Å². The molecule has 3 rings (SSSR count). The summed E-state index contributed by atoms with van der Waals surface area (Å²) in [6.07, 6.45) is -1.02. The maximum atomic E-state index is 13.2. The van der Waals surface area contributed by atoms with Gasteiger partial charge in [-0.15, -0.1) is 0 Å². The number of amides is 1. The molecule has 9 heteroatoms. The number of halogens is 3. The van der Waals surface area contributed by atoms with Gasteiger partial charge in [0, 0.05) is 32.4 Å². The Morgan fingerprint density at radius 1 is 1.06 bits per heavy atom. The van der Waals surface area contributed by atoms with Gasteiger partial charge in [-0.25, -0.2) is 9.67 Å². The van der Waals surface area contributed by atoms with Crippen molar-refractivity contribution >= 4 is 5.91 Å². The highest BCUT2D eigenvalue weighted by atomic mass is 19.4. The molecule has 3 heterocycles. The van der Waals surface area contributed by atoms with Gasteiger partial charge in [-0.05, 0) is 36.9 Å². The van der Waals surface area contributed by atoms with Crippen LogP contribution in [-0.2, 0) is 6.18 Å². The minimum atomic E-state index is -4.45. The lowest BCUT2D eigenvalue weighted by atomic mass is 10.0. The number of alkyl halides is 3. The summed E-state index contributed by atoms with van der Waals surface area (Å²) < 4.78 is 40.0. The number of piperazine rings is 1. The number of rotatable bonds is 6. The molecule has 0 atom stereocenters. The molecule has 1 aliphatic heterocycles. The molecule has 1 aliphatic rings. The fourth-order valence-electron chi connectivity index (χ4n) is 3.73. The average molecular weight is 438 g/mol. The van der Waals surface area contributed by atoms with Crippen LogP contribution in [0.25, 0.3) is 5.82 Å². The molecule has 31 heavy (non-hydrogen) atoms. The predicted molar refractivity (Wildman–Crippen MR) is 112 cm³/mol. The highest BCUT2D eigenvalue weighted by Crippen LogP contribution is 2.29. The Labute approximate surface area is 181 Å². The van der Waals surface area contributed by atoms with Gasteiger partial charge >= 0.3 is 6.18 Å². The van der Waals surface area contributed by atoms with Crippen LogP contribution in [0.5, 0.6) is 0 Å². The van der Waals surface area contributed by atoms with Crippen molar-refractivity contribution in [2.24, 2.45) is 5.92 Å². The lowest BCUT2D eigenvalue weighted by Crippen LogP contribution is -2.49. The van der Waals surface area contributed by atoms with Gasteiger partial charge in [-0.3, -0.25) is 9.69 Å². The minimum absolute atomic E-state index is 0.0575. The first-order chi connectivity index (χ1) is 14.6. The second-order valence-electron chi connectivity index (χ2n) is 8.73. The van der Waals surface area contributed by atoms with Crippen molar-refractivity contribution in [2.75, 3.05) is 32.7 Å². The summed E-state index contributed by atoms with van der Waals surface area (Å²) >= 11 is 0. The summed E-state index contributed by atoms with van der Waals surface area (Å²) in [7, 11) is 0. The van der Waals surface area contributed by atoms with E-state index in [0.29, 0.717) is 30.3 Å². The largest absolute Gasteiger partial charge is 0.417 e. The third-order valence-corrected chi connectivity index (χ3v) is 5.56. The zero-order chi connectivity index (χ0) is 22.8. The standard InChI is InChI=1S/C22H30F3N5O/c1-15(2)7-8-28-9-11-29(12-10-28)21(31)18-14-27-30(20(18)16(3)4)19-6-5-17(13-26-19)22(23,24)25/h5-6,13-16H,7-12H2,1-4H3. The first kappa shape index (κ1) is 23.2. The molecule has 2 aromatic heterocycles. The van der Waals surface area contributed by atoms with Crippen LogP contribution in [0.2, 0.25) is 0 Å². The molecule has 1 fully saturated rings. The Hall–Kier alpha value is -2.42. The number of carbonyl (C=O) groups excluding carboxylic acids is 1. The van der Waals surface area contributed by atoms with E-state index in [9.17, 15) is 18.0 Å². The lowest BCUT2D eigenvalue weighted by Gasteiger charge is -2.35. The zero-order valence-corrected chi connectivity index (χ0v) is 18.5. The van der Waals surface area contributed by atoms with E-state index in [1.54, 1.807) is 0 Å². The van der Waals surface area contributed by atoms with Crippen molar-refractivity contribution in [1.29, 1.82) is 0 Å². The fraction of sp³-hybridized carbons (Fsp3) is 0.591. The van der Waals surface area contributed by atoms with Gasteiger partial charge in [-0.1, -0.05) is 27.7 Å². The summed E-state index contributed by atoms with van der Waals surface area (Å²) in [5.74, 6) is 0.760. The molecule has 0 radical (unpaired) electrons. The van der Waals surface area contributed by atoms with Crippen LogP contribution in [0, 0.1) is 5.92 Å². The van der Waals surface area contributed by atoms with Crippen molar-refractivity contribution in [2.45, 2.75) is 46.2 Å². The van der Waals surface area contributed by atoms with Crippen molar-refractivity contribution < 1.29 is 18.0 Å². The van der Waals surface area contributed by atoms with Gasteiger partial charge in [0.05, 0.1) is 23.0 Å². The summed E-state index contributed by atoms with van der Waals surface area (Å²) in [5.41, 5.74) is 0.313. The first-order valence-electron chi connectivity index (χ1n) is 10.7. The topological polar surface area (TPSA) is 54.3 Å². The Bertz CT molecular complexity index is 882. The molecular formula is C22H30F3N5O. The molecule has 0 N–H and O–H groups in total. The molecular weight excluding hydrogens is 407 g/mol. The summed E-state index contributed by atoms with van der Waals surface area (Å²) in [5, 5.41) is 4.29. The van der Waals surface area contributed by atoms with Gasteiger partial charge in [0.15, 0.2) is 5.82 Å². The molecule has 6 nitrogen and oxygen atoms in total. The predicted octanol–water partition coefficient (Wildman–Crippen LogP) is 4.21. The van der Waals surface area contributed by atoms with Gasteiger partial charge in [0.2, 0.25) is 0 Å². The Morgan fingerprint density at radius 2 is 1.74 bits per heavy atom. The van der Waals surface area contributed by atoms with Crippen molar-refractivity contribution in [3.63, 3.8) is 0 Å². The summed E-state index contributed by atoms with van der Waals surface area (Å²) in [4.78, 5) is 21.4. The Balaban J connectivity index is 1.77. The molecule has 2 aromatic rings. The molecule has 0 aliphatic carbocycles. The summed E-state index contributed by atoms with van der Waals surface area (Å²) in [6, 6.07) is 2.26. The molecule has 1 saturated heterocycles. The van der Waals surface area contributed by atoms with Crippen LogP contribution < -0.4 is 0 Å². The number of hydrogen-bond donors (Lipinski definition) is 0. The average Bonchev–Trinajstić information content (AvgIpc) is 3.17. The van der Waals surface area contributed by atoms with E-state index in [-0.39, 0.29) is 17.6 Å². The maximum Gasteiger partial charge on any atom is 0.417 e. The number of nitrogens with zero attached hydrogens (tertiary/aromatic N) is 5. The molecule has 0 aromatic carbocycles. The highest BCUT2D eigenvalue weighted by Gasteiger charge is 2.31. The number of hydrogen-bond acceptors (Lipinski definition) is 4. The normalized spacial score (nSPS) is 15.8. The van der Waals surface area contributed by atoms with Gasteiger partial charge < -0.3 is 4.90 Å². The van der Waals surface area contributed by atoms with E-state index in [4.69, 9.17) is 0 Å². The third-order valence-electron chi connectivity index (χ3n) is 5.56. The van der Waals surface area contributed by atoms with Crippen LogP contribution >= 0.6 is 0 Å². The van der Waals surface area contributed by atoms with Crippen LogP contribution in [0.4, 0.5) is 13.2 Å². The SMILES string of the molecule is CC(C)CCN1CCN(C(=O)c2cnn(-c3ccc(C(F)(F)F)cn3)c2C(C)C)CC1. The molecule has 0 saturated carbocycles. The Morgan fingerprint density at radius 3 is 2.26 bits per heavy atom. The van der Waals surface area contributed by atoms with Gasteiger partial charge in [-0.2, -0.15) is 18.3 Å². The molecule has 0 bridgehead atoms. The molecule has 0 unspecified atom stereocenters. The number of aromatic nitrogens is 3. The fourth-order valence-corrected chi connectivity index (χ4v) is 3.73. The maximum absolute atomic E-state index is 13.2. The lowest BCUT2D eigenvalue weighted by molar-refractivity contribution is -0.137. The van der Waals surface area contributed by atoms with E-state index in [2.05, 4.69) is 28.8 Å². The quantitative estimate of drug-likeness (QED) is 0.679. The Kier molecular flexibility index (Phi) is 7.03. The van der Waals surface area contributed by atoms with Crippen LogP contribution in [0.1, 0.15) is 61.6 Å². The van der Waals surface area contributed by atoms with Gasteiger partial charge in [0.1, 0.15) is 0 Å². The molecule has 1 amide bonds. The van der Waals surface area contributed by atoms with E-state index < -0.39 is 11.7 Å². The molecule has 0 spiro atoms. The van der Waals surface area contributed by atoms with E-state index in [0.717, 1.165) is 38.3 Å². The van der Waals surface area contributed by atoms with E-state index in [1.807, 2.05) is 18.7 Å². The van der Waals surface area contributed by atoms with E-state index >= 15 is 0 Å². The second-order valence-corrected chi connectivity index (χ2v) is 8.73. The number of pyridine rings is 1. The molecule has 170 valence electrons. The monoisotopic (exact) mass is 437 g/mol. The smallest absolute Gasteiger partial charge is 0.336 e. The van der Waals surface area contributed by atoms with Gasteiger partial charge in [0.25, 0.3) is 5.91 Å². The summed E-state index contributed by atoms with van der Waals surface area (Å²) in [6.45, 7) is 12.3. The van der Waals surface area contributed by atoms with Crippen molar-refractivity contribution in [1.82, 2.24) is 24.6 Å². The van der Waals surface area contributed by atoms with Crippen molar-refractivity contribution in [3.05, 3.63) is 41.3 Å². The zero-order valence-electron chi connectivity index (χ0n) is 18.5. The van der Waals surface area contributed by atoms with Crippen LogP contribution in [-0.4, -0.2) is 63.2 Å².